The molecule has 16 heteroatoms. The number of aromatic nitrogens is 2. The molecule has 1 aliphatic heterocycles. The number of anilines is 3. The fraction of sp³-hybridized carbons (Fsp3) is 0.385. The van der Waals surface area contributed by atoms with Gasteiger partial charge in [-0.15, -0.1) is 0 Å². The van der Waals surface area contributed by atoms with Gasteiger partial charge in [-0.25, -0.2) is 13.4 Å². The van der Waals surface area contributed by atoms with E-state index >= 15 is 0 Å². The summed E-state index contributed by atoms with van der Waals surface area (Å²) in [4.78, 5) is 9.91. The van der Waals surface area contributed by atoms with Gasteiger partial charge in [0, 0.05) is 17.3 Å². The maximum atomic E-state index is 13.8. The van der Waals surface area contributed by atoms with Gasteiger partial charge in [0.05, 0.1) is 24.7 Å². The predicted molar refractivity (Wildman–Crippen MR) is 152 cm³/mol. The molecule has 1 fully saturated rings. The minimum Gasteiger partial charge on any atom is -0.495 e. The SMILES string of the molecule is COc1cc(C(O)NC2CCN(C)CC2)ccc1Nc1ncc(C(F)(F)F)c(Oc2ccc(Cl)cc2NS(C)(=O)=O)n1. The molecule has 3 aromatic rings. The van der Waals surface area contributed by atoms with Gasteiger partial charge in [-0.1, -0.05) is 17.7 Å². The van der Waals surface area contributed by atoms with Crippen LogP contribution in [0.4, 0.5) is 30.5 Å². The van der Waals surface area contributed by atoms with E-state index in [2.05, 4.69) is 30.2 Å². The molecule has 0 amide bonds. The average molecular weight is 631 g/mol. The number of methoxy groups -OCH3 is 1. The van der Waals surface area contributed by atoms with Crippen LogP contribution in [0.5, 0.6) is 17.4 Å². The molecule has 0 spiro atoms. The first-order valence-electron chi connectivity index (χ1n) is 12.7. The van der Waals surface area contributed by atoms with Gasteiger partial charge >= 0.3 is 6.18 Å². The molecule has 4 rings (SSSR count). The number of aliphatic hydroxyl groups is 1. The number of aliphatic hydroxyl groups excluding tert-OH is 1. The third kappa shape index (κ3) is 8.35. The quantitative estimate of drug-likeness (QED) is 0.232. The van der Waals surface area contributed by atoms with Gasteiger partial charge in [0.25, 0.3) is 0 Å². The van der Waals surface area contributed by atoms with E-state index in [4.69, 9.17) is 21.1 Å². The highest BCUT2D eigenvalue weighted by molar-refractivity contribution is 7.92. The third-order valence-electron chi connectivity index (χ3n) is 6.40. The minimum atomic E-state index is -4.89. The second kappa shape index (κ2) is 12.9. The van der Waals surface area contributed by atoms with E-state index in [1.54, 1.807) is 18.2 Å². The summed E-state index contributed by atoms with van der Waals surface area (Å²) in [5, 5.41) is 16.9. The van der Waals surface area contributed by atoms with Crippen LogP contribution in [0.15, 0.2) is 42.6 Å². The zero-order valence-electron chi connectivity index (χ0n) is 22.9. The highest BCUT2D eigenvalue weighted by Gasteiger charge is 2.37. The Morgan fingerprint density at radius 2 is 1.83 bits per heavy atom. The zero-order valence-corrected chi connectivity index (χ0v) is 24.4. The van der Waals surface area contributed by atoms with Crippen LogP contribution >= 0.6 is 11.6 Å². The van der Waals surface area contributed by atoms with E-state index in [-0.39, 0.29) is 34.2 Å². The van der Waals surface area contributed by atoms with Gasteiger partial charge in [0.2, 0.25) is 21.9 Å². The van der Waals surface area contributed by atoms with Crippen molar-refractivity contribution in [2.45, 2.75) is 31.3 Å². The highest BCUT2D eigenvalue weighted by atomic mass is 35.5. The number of hydrogen-bond donors (Lipinski definition) is 4. The summed E-state index contributed by atoms with van der Waals surface area (Å²) in [6.45, 7) is 1.84. The normalized spacial score (nSPS) is 15.7. The van der Waals surface area contributed by atoms with Crippen LogP contribution < -0.4 is 24.8 Å². The van der Waals surface area contributed by atoms with Crippen LogP contribution in [-0.4, -0.2) is 67.9 Å². The lowest BCUT2D eigenvalue weighted by atomic mass is 10.0. The Morgan fingerprint density at radius 3 is 2.48 bits per heavy atom. The molecule has 42 heavy (non-hydrogen) atoms. The second-order valence-corrected chi connectivity index (χ2v) is 11.9. The van der Waals surface area contributed by atoms with E-state index in [1.165, 1.54) is 25.3 Å². The molecule has 0 radical (unpaired) electrons. The maximum Gasteiger partial charge on any atom is 0.423 e. The summed E-state index contributed by atoms with van der Waals surface area (Å²) in [5.74, 6) is -1.14. The number of halogens is 4. The number of nitrogens with one attached hydrogen (secondary N) is 3. The van der Waals surface area contributed by atoms with Crippen molar-refractivity contribution in [3.05, 3.63) is 58.7 Å². The molecule has 228 valence electrons. The average Bonchev–Trinajstić information content (AvgIpc) is 2.90. The van der Waals surface area contributed by atoms with Crippen LogP contribution in [0.25, 0.3) is 0 Å². The maximum absolute atomic E-state index is 13.8. The Bertz CT molecular complexity index is 1520. The van der Waals surface area contributed by atoms with Crippen molar-refractivity contribution in [2.24, 2.45) is 0 Å². The van der Waals surface area contributed by atoms with Crippen molar-refractivity contribution in [1.82, 2.24) is 20.2 Å². The standard InChI is InChI=1S/C26H30ClF3N6O5S/c1-36-10-8-17(9-11-36)32-23(37)15-4-6-19(22(12-15)40-2)33-25-31-14-18(26(28,29)30)24(34-25)41-21-7-5-16(27)13-20(21)35-42(3,38)39/h4-7,12-14,17,23,32,35,37H,8-11H2,1-3H3,(H,31,33,34). The topological polar surface area (TPSA) is 138 Å². The largest absolute Gasteiger partial charge is 0.495 e. The summed E-state index contributed by atoms with van der Waals surface area (Å²) in [6, 6.07) is 8.66. The van der Waals surface area contributed by atoms with E-state index < -0.39 is 33.9 Å². The smallest absolute Gasteiger partial charge is 0.423 e. The second-order valence-electron chi connectivity index (χ2n) is 9.76. The summed E-state index contributed by atoms with van der Waals surface area (Å²) >= 11 is 5.94. The number of rotatable bonds is 10. The number of benzene rings is 2. The molecule has 1 atom stereocenters. The Balaban J connectivity index is 1.60. The predicted octanol–water partition coefficient (Wildman–Crippen LogP) is 4.74. The molecule has 4 N–H and O–H groups in total. The molecule has 2 aromatic carbocycles. The van der Waals surface area contributed by atoms with Crippen LogP contribution in [0, 0.1) is 0 Å². The van der Waals surface area contributed by atoms with E-state index in [0.29, 0.717) is 17.4 Å². The molecule has 0 saturated carbocycles. The van der Waals surface area contributed by atoms with Gasteiger partial charge in [-0.3, -0.25) is 10.0 Å². The summed E-state index contributed by atoms with van der Waals surface area (Å²) in [6.07, 6.45) is -2.66. The van der Waals surface area contributed by atoms with Crippen LogP contribution in [0.1, 0.15) is 30.2 Å². The zero-order chi connectivity index (χ0) is 30.7. The van der Waals surface area contributed by atoms with Crippen molar-refractivity contribution < 1.29 is 36.2 Å². The lowest BCUT2D eigenvalue weighted by molar-refractivity contribution is -0.139. The first-order chi connectivity index (χ1) is 19.7. The molecular formula is C26H30ClF3N6O5S. The number of nitrogens with zero attached hydrogens (tertiary/aromatic N) is 3. The molecular weight excluding hydrogens is 601 g/mol. The van der Waals surface area contributed by atoms with Gasteiger partial charge in [0.15, 0.2) is 5.75 Å². The van der Waals surface area contributed by atoms with Gasteiger partial charge in [-0.2, -0.15) is 18.2 Å². The van der Waals surface area contributed by atoms with Crippen molar-refractivity contribution in [2.75, 3.05) is 43.5 Å². The van der Waals surface area contributed by atoms with E-state index in [9.17, 15) is 26.7 Å². The Labute approximate surface area is 246 Å². The molecule has 0 aliphatic carbocycles. The first-order valence-corrected chi connectivity index (χ1v) is 15.0. The number of ether oxygens (including phenoxy) is 2. The van der Waals surface area contributed by atoms with Gasteiger partial charge in [-0.05, 0) is 68.9 Å². The molecule has 1 aliphatic rings. The minimum absolute atomic E-state index is 0.122. The molecule has 0 bridgehead atoms. The van der Waals surface area contributed by atoms with Gasteiger partial charge < -0.3 is 24.8 Å². The van der Waals surface area contributed by atoms with Crippen molar-refractivity contribution in [1.29, 1.82) is 0 Å². The van der Waals surface area contributed by atoms with Crippen LogP contribution in [0.2, 0.25) is 5.02 Å². The molecule has 1 unspecified atom stereocenters. The number of alkyl halides is 3. The van der Waals surface area contributed by atoms with Crippen LogP contribution in [0.3, 0.4) is 0 Å². The molecule has 11 nitrogen and oxygen atoms in total. The number of sulfonamides is 1. The Hall–Kier alpha value is -3.37. The molecule has 1 saturated heterocycles. The number of likely N-dealkylation sites (tertiary alicyclic amines) is 1. The van der Waals surface area contributed by atoms with E-state index in [1.807, 2.05) is 7.05 Å². The lowest BCUT2D eigenvalue weighted by Crippen LogP contribution is -2.42. The number of piperidine rings is 1. The van der Waals surface area contributed by atoms with Crippen molar-refractivity contribution in [3.63, 3.8) is 0 Å². The molecule has 2 heterocycles. The Kier molecular flexibility index (Phi) is 9.67. The van der Waals surface area contributed by atoms with Crippen molar-refractivity contribution >= 4 is 38.9 Å². The van der Waals surface area contributed by atoms with Crippen LogP contribution in [-0.2, 0) is 16.2 Å². The van der Waals surface area contributed by atoms with Crippen molar-refractivity contribution in [3.8, 4) is 17.4 Å². The summed E-state index contributed by atoms with van der Waals surface area (Å²) < 4.78 is 78.0. The highest BCUT2D eigenvalue weighted by Crippen LogP contribution is 2.40. The molecule has 1 aromatic heterocycles. The summed E-state index contributed by atoms with van der Waals surface area (Å²) in [7, 11) is -0.370. The summed E-state index contributed by atoms with van der Waals surface area (Å²) in [5.41, 5.74) is -0.638. The van der Waals surface area contributed by atoms with E-state index in [0.717, 1.165) is 32.2 Å². The lowest BCUT2D eigenvalue weighted by Gasteiger charge is -2.31. The van der Waals surface area contributed by atoms with Gasteiger partial charge in [0.1, 0.15) is 17.5 Å². The first kappa shape index (κ1) is 31.6. The fourth-order valence-corrected chi connectivity index (χ4v) is 5.00. The Morgan fingerprint density at radius 1 is 1.12 bits per heavy atom. The number of hydrogen-bond acceptors (Lipinski definition) is 10. The fourth-order valence-electron chi connectivity index (χ4n) is 4.27. The third-order valence-corrected chi connectivity index (χ3v) is 7.23. The monoisotopic (exact) mass is 630 g/mol.